The number of aromatic hydroxyl groups is 1. The van der Waals surface area contributed by atoms with Crippen molar-refractivity contribution in [2.75, 3.05) is 5.32 Å². The number of phenolic OH excluding ortho intramolecular Hbond substituents is 1. The summed E-state index contributed by atoms with van der Waals surface area (Å²) in [5.74, 6) is 4.29. The molecule has 5 unspecified atom stereocenters. The van der Waals surface area contributed by atoms with Gasteiger partial charge in [0.15, 0.2) is 0 Å². The Morgan fingerprint density at radius 3 is 2.83 bits per heavy atom. The summed E-state index contributed by atoms with van der Waals surface area (Å²) < 4.78 is 0. The first-order valence-corrected chi connectivity index (χ1v) is 7.37. The number of benzene rings is 1. The van der Waals surface area contributed by atoms with Gasteiger partial charge in [0.2, 0.25) is 0 Å². The second-order valence-corrected chi connectivity index (χ2v) is 6.46. The van der Waals surface area contributed by atoms with Crippen LogP contribution in [0.25, 0.3) is 0 Å². The zero-order chi connectivity index (χ0) is 12.1. The van der Waals surface area contributed by atoms with Gasteiger partial charge in [-0.15, -0.1) is 0 Å². The van der Waals surface area contributed by atoms with Crippen molar-refractivity contribution in [2.45, 2.75) is 38.1 Å². The summed E-state index contributed by atoms with van der Waals surface area (Å²) in [4.78, 5) is 0. The molecular formula is C16H21NO. The van der Waals surface area contributed by atoms with Gasteiger partial charge in [-0.1, -0.05) is 12.5 Å². The van der Waals surface area contributed by atoms with Crippen LogP contribution in [0.4, 0.5) is 5.69 Å². The van der Waals surface area contributed by atoms with Gasteiger partial charge in [0.1, 0.15) is 5.75 Å². The van der Waals surface area contributed by atoms with Gasteiger partial charge in [0, 0.05) is 17.8 Å². The number of anilines is 1. The molecule has 0 heterocycles. The molecule has 0 amide bonds. The van der Waals surface area contributed by atoms with Crippen LogP contribution in [-0.2, 0) is 0 Å². The molecule has 3 saturated carbocycles. The molecule has 0 spiro atoms. The molecule has 0 saturated heterocycles. The second kappa shape index (κ2) is 3.91. The zero-order valence-corrected chi connectivity index (χ0v) is 10.7. The van der Waals surface area contributed by atoms with Crippen LogP contribution in [0.15, 0.2) is 24.3 Å². The molecule has 0 aliphatic heterocycles. The molecule has 0 aromatic heterocycles. The Labute approximate surface area is 108 Å². The highest BCUT2D eigenvalue weighted by atomic mass is 16.3. The van der Waals surface area contributed by atoms with Gasteiger partial charge in [0.25, 0.3) is 0 Å². The van der Waals surface area contributed by atoms with E-state index in [1.807, 2.05) is 12.1 Å². The summed E-state index contributed by atoms with van der Waals surface area (Å²) >= 11 is 0. The molecule has 3 fully saturated rings. The van der Waals surface area contributed by atoms with Crippen LogP contribution < -0.4 is 5.32 Å². The van der Waals surface area contributed by atoms with Crippen LogP contribution in [0.5, 0.6) is 5.75 Å². The lowest BCUT2D eigenvalue weighted by molar-refractivity contribution is 0.243. The van der Waals surface area contributed by atoms with Crippen molar-refractivity contribution >= 4 is 5.69 Å². The number of hydrogen-bond acceptors (Lipinski definition) is 2. The van der Waals surface area contributed by atoms with Crippen LogP contribution in [0, 0.1) is 23.7 Å². The number of rotatable bonds is 2. The van der Waals surface area contributed by atoms with Crippen molar-refractivity contribution in [3.8, 4) is 5.75 Å². The first kappa shape index (κ1) is 10.7. The van der Waals surface area contributed by atoms with E-state index in [4.69, 9.17) is 0 Å². The van der Waals surface area contributed by atoms with Crippen molar-refractivity contribution in [3.63, 3.8) is 0 Å². The third-order valence-electron chi connectivity index (χ3n) is 5.63. The molecule has 0 radical (unpaired) electrons. The highest BCUT2D eigenvalue weighted by molar-refractivity contribution is 5.48. The lowest BCUT2D eigenvalue weighted by Gasteiger charge is -2.32. The van der Waals surface area contributed by atoms with E-state index in [1.54, 1.807) is 6.07 Å². The Bertz CT molecular complexity index is 458. The number of hydrogen-bond donors (Lipinski definition) is 2. The Morgan fingerprint density at radius 2 is 1.94 bits per heavy atom. The predicted octanol–water partition coefficient (Wildman–Crippen LogP) is 3.63. The fourth-order valence-electron chi connectivity index (χ4n) is 5.04. The number of nitrogens with one attached hydrogen (secondary N) is 1. The molecule has 2 bridgehead atoms. The summed E-state index contributed by atoms with van der Waals surface area (Å²) in [5, 5.41) is 13.2. The molecule has 2 heteroatoms. The molecule has 2 N–H and O–H groups in total. The van der Waals surface area contributed by atoms with Gasteiger partial charge >= 0.3 is 0 Å². The van der Waals surface area contributed by atoms with Gasteiger partial charge in [0.05, 0.1) is 0 Å². The van der Waals surface area contributed by atoms with Crippen LogP contribution in [-0.4, -0.2) is 11.1 Å². The van der Waals surface area contributed by atoms with Gasteiger partial charge in [-0.05, 0) is 61.5 Å². The quantitative estimate of drug-likeness (QED) is 0.831. The minimum absolute atomic E-state index is 0.363. The van der Waals surface area contributed by atoms with E-state index < -0.39 is 0 Å². The van der Waals surface area contributed by atoms with Gasteiger partial charge < -0.3 is 10.4 Å². The summed E-state index contributed by atoms with van der Waals surface area (Å²) in [6, 6.07) is 8.22. The Morgan fingerprint density at radius 1 is 1.06 bits per heavy atom. The average molecular weight is 243 g/mol. The fraction of sp³-hybridized carbons (Fsp3) is 0.625. The SMILES string of the molecule is Oc1cccc(NC2CC3CC2C2CCCC32)c1. The van der Waals surface area contributed by atoms with Crippen LogP contribution in [0.1, 0.15) is 32.1 Å². The highest BCUT2D eigenvalue weighted by Gasteiger charge is 2.53. The maximum absolute atomic E-state index is 9.53. The molecule has 4 rings (SSSR count). The van der Waals surface area contributed by atoms with Gasteiger partial charge in [-0.2, -0.15) is 0 Å². The van der Waals surface area contributed by atoms with E-state index in [0.29, 0.717) is 11.8 Å². The lowest BCUT2D eigenvalue weighted by atomic mass is 9.79. The van der Waals surface area contributed by atoms with Crippen LogP contribution in [0.2, 0.25) is 0 Å². The van der Waals surface area contributed by atoms with E-state index in [9.17, 15) is 5.11 Å². The summed E-state index contributed by atoms with van der Waals surface area (Å²) in [6.45, 7) is 0. The van der Waals surface area contributed by atoms with E-state index in [2.05, 4.69) is 11.4 Å². The summed E-state index contributed by atoms with van der Waals surface area (Å²) in [5.41, 5.74) is 1.09. The van der Waals surface area contributed by atoms with Crippen molar-refractivity contribution in [1.29, 1.82) is 0 Å². The van der Waals surface area contributed by atoms with E-state index in [0.717, 1.165) is 29.4 Å². The van der Waals surface area contributed by atoms with Gasteiger partial charge in [-0.3, -0.25) is 0 Å². The molecule has 18 heavy (non-hydrogen) atoms. The predicted molar refractivity (Wildman–Crippen MR) is 72.6 cm³/mol. The van der Waals surface area contributed by atoms with Crippen LogP contribution in [0.3, 0.4) is 0 Å². The Hall–Kier alpha value is -1.18. The minimum Gasteiger partial charge on any atom is -0.508 e. The van der Waals surface area contributed by atoms with E-state index >= 15 is 0 Å². The van der Waals surface area contributed by atoms with Crippen molar-refractivity contribution in [1.82, 2.24) is 0 Å². The Kier molecular flexibility index (Phi) is 2.33. The van der Waals surface area contributed by atoms with Crippen molar-refractivity contribution in [3.05, 3.63) is 24.3 Å². The lowest BCUT2D eigenvalue weighted by Crippen LogP contribution is -2.33. The van der Waals surface area contributed by atoms with Crippen molar-refractivity contribution in [2.24, 2.45) is 23.7 Å². The first-order chi connectivity index (χ1) is 8.81. The number of fused-ring (bicyclic) bond motifs is 5. The van der Waals surface area contributed by atoms with E-state index in [-0.39, 0.29) is 0 Å². The van der Waals surface area contributed by atoms with Gasteiger partial charge in [-0.25, -0.2) is 0 Å². The van der Waals surface area contributed by atoms with E-state index in [1.165, 1.54) is 32.1 Å². The number of phenols is 1. The molecule has 3 aliphatic rings. The molecule has 1 aromatic carbocycles. The summed E-state index contributed by atoms with van der Waals surface area (Å²) in [6.07, 6.45) is 7.21. The first-order valence-electron chi connectivity index (χ1n) is 7.37. The van der Waals surface area contributed by atoms with Crippen molar-refractivity contribution < 1.29 is 5.11 Å². The zero-order valence-electron chi connectivity index (χ0n) is 10.7. The Balaban J connectivity index is 1.51. The topological polar surface area (TPSA) is 32.3 Å². The maximum Gasteiger partial charge on any atom is 0.117 e. The normalized spacial score (nSPS) is 41.0. The molecule has 1 aromatic rings. The maximum atomic E-state index is 9.53. The summed E-state index contributed by atoms with van der Waals surface area (Å²) in [7, 11) is 0. The second-order valence-electron chi connectivity index (χ2n) is 6.46. The smallest absolute Gasteiger partial charge is 0.117 e. The minimum atomic E-state index is 0.363. The largest absolute Gasteiger partial charge is 0.508 e. The standard InChI is InChI=1S/C16H21NO/c18-12-4-1-3-11(9-12)17-16-8-10-7-15(16)14-6-2-5-13(10)14/h1,3-4,9-10,13-18H,2,5-8H2. The third kappa shape index (κ3) is 1.54. The third-order valence-corrected chi connectivity index (χ3v) is 5.63. The fourth-order valence-corrected chi connectivity index (χ4v) is 5.04. The van der Waals surface area contributed by atoms with Crippen LogP contribution >= 0.6 is 0 Å². The molecular weight excluding hydrogens is 222 g/mol. The monoisotopic (exact) mass is 243 g/mol. The molecule has 3 aliphatic carbocycles. The molecule has 2 nitrogen and oxygen atoms in total. The average Bonchev–Trinajstić information content (AvgIpc) is 2.99. The molecule has 5 atom stereocenters. The molecule has 96 valence electrons. The highest BCUT2D eigenvalue weighted by Crippen LogP contribution is 2.59.